The summed E-state index contributed by atoms with van der Waals surface area (Å²) in [6.07, 6.45) is 0. The lowest BCUT2D eigenvalue weighted by atomic mass is 10.2. The maximum Gasteiger partial charge on any atom is 0.247 e. The third-order valence-corrected chi connectivity index (χ3v) is 3.77. The van der Waals surface area contributed by atoms with Gasteiger partial charge in [0.15, 0.2) is 0 Å². The maximum atomic E-state index is 5.97. The van der Waals surface area contributed by atoms with Gasteiger partial charge in [0.25, 0.3) is 0 Å². The van der Waals surface area contributed by atoms with Crippen LogP contribution in [0.25, 0.3) is 11.5 Å². The molecule has 0 aliphatic heterocycles. The van der Waals surface area contributed by atoms with Crippen molar-refractivity contribution in [1.29, 1.82) is 0 Å². The normalized spacial score (nSPS) is 10.6. The molecule has 1 N–H and O–H groups in total. The number of benzene rings is 2. The first-order valence-corrected chi connectivity index (χ1v) is 7.46. The van der Waals surface area contributed by atoms with Crippen LogP contribution in [0, 0.1) is 0 Å². The number of nitrogens with one attached hydrogen (secondary N) is 1. The Labute approximate surface area is 135 Å². The molecule has 1 aromatic heterocycles. The molecule has 3 aromatic rings. The number of aromatic nitrogens is 2. The van der Waals surface area contributed by atoms with E-state index in [0.717, 1.165) is 15.7 Å². The SMILES string of the molecule is Clc1ccc(Br)c(NCc2nnc(-c3ccccc3)o2)c1. The smallest absolute Gasteiger partial charge is 0.247 e. The summed E-state index contributed by atoms with van der Waals surface area (Å²) >= 11 is 9.43. The Kier molecular flexibility index (Phi) is 4.22. The largest absolute Gasteiger partial charge is 0.419 e. The van der Waals surface area contributed by atoms with E-state index in [1.165, 1.54) is 0 Å². The third kappa shape index (κ3) is 3.43. The summed E-state index contributed by atoms with van der Waals surface area (Å²) < 4.78 is 6.55. The number of halogens is 2. The van der Waals surface area contributed by atoms with Crippen molar-refractivity contribution < 1.29 is 4.42 Å². The highest BCUT2D eigenvalue weighted by molar-refractivity contribution is 9.10. The van der Waals surface area contributed by atoms with Crippen LogP contribution in [0.2, 0.25) is 5.02 Å². The number of hydrogen-bond acceptors (Lipinski definition) is 4. The van der Waals surface area contributed by atoms with Crippen LogP contribution in [0.15, 0.2) is 57.4 Å². The molecule has 0 spiro atoms. The summed E-state index contributed by atoms with van der Waals surface area (Å²) in [5.41, 5.74) is 1.78. The first-order chi connectivity index (χ1) is 10.2. The van der Waals surface area contributed by atoms with Gasteiger partial charge in [-0.1, -0.05) is 29.8 Å². The molecule has 0 fully saturated rings. The van der Waals surface area contributed by atoms with Crippen molar-refractivity contribution in [3.63, 3.8) is 0 Å². The van der Waals surface area contributed by atoms with Crippen LogP contribution in [0.3, 0.4) is 0 Å². The molecular formula is C15H11BrClN3O. The fourth-order valence-electron chi connectivity index (χ4n) is 1.83. The molecule has 106 valence electrons. The molecule has 4 nitrogen and oxygen atoms in total. The first-order valence-electron chi connectivity index (χ1n) is 6.29. The average Bonchev–Trinajstić information content (AvgIpc) is 2.98. The molecule has 0 amide bonds. The van der Waals surface area contributed by atoms with Gasteiger partial charge in [0.2, 0.25) is 11.8 Å². The highest BCUT2D eigenvalue weighted by Gasteiger charge is 2.08. The van der Waals surface area contributed by atoms with Crippen LogP contribution in [-0.2, 0) is 6.54 Å². The van der Waals surface area contributed by atoms with Gasteiger partial charge >= 0.3 is 0 Å². The zero-order chi connectivity index (χ0) is 14.7. The van der Waals surface area contributed by atoms with Gasteiger partial charge in [0, 0.05) is 15.1 Å². The van der Waals surface area contributed by atoms with Gasteiger partial charge in [-0.05, 0) is 46.3 Å². The molecule has 0 atom stereocenters. The van der Waals surface area contributed by atoms with E-state index in [1.807, 2.05) is 48.5 Å². The molecule has 0 aliphatic carbocycles. The fourth-order valence-corrected chi connectivity index (χ4v) is 2.39. The van der Waals surface area contributed by atoms with Gasteiger partial charge < -0.3 is 9.73 Å². The van der Waals surface area contributed by atoms with Crippen molar-refractivity contribution in [2.24, 2.45) is 0 Å². The van der Waals surface area contributed by atoms with E-state index in [9.17, 15) is 0 Å². The zero-order valence-electron chi connectivity index (χ0n) is 10.9. The van der Waals surface area contributed by atoms with Gasteiger partial charge in [0.05, 0.1) is 12.2 Å². The zero-order valence-corrected chi connectivity index (χ0v) is 13.2. The van der Waals surface area contributed by atoms with E-state index < -0.39 is 0 Å². The van der Waals surface area contributed by atoms with Crippen molar-refractivity contribution >= 4 is 33.2 Å². The van der Waals surface area contributed by atoms with E-state index in [-0.39, 0.29) is 0 Å². The molecule has 3 rings (SSSR count). The Morgan fingerprint density at radius 2 is 1.90 bits per heavy atom. The van der Waals surface area contributed by atoms with Gasteiger partial charge in [-0.25, -0.2) is 0 Å². The molecule has 0 aliphatic rings. The molecule has 0 radical (unpaired) electrons. The van der Waals surface area contributed by atoms with Crippen LogP contribution < -0.4 is 5.32 Å². The van der Waals surface area contributed by atoms with E-state index in [2.05, 4.69) is 31.4 Å². The first kappa shape index (κ1) is 14.1. The summed E-state index contributed by atoms with van der Waals surface area (Å²) in [5, 5.41) is 11.9. The monoisotopic (exact) mass is 363 g/mol. The number of hydrogen-bond donors (Lipinski definition) is 1. The fraction of sp³-hybridized carbons (Fsp3) is 0.0667. The van der Waals surface area contributed by atoms with Crippen molar-refractivity contribution in [2.45, 2.75) is 6.54 Å². The van der Waals surface area contributed by atoms with E-state index in [4.69, 9.17) is 16.0 Å². The molecule has 6 heteroatoms. The second-order valence-electron chi connectivity index (χ2n) is 4.34. The Morgan fingerprint density at radius 3 is 2.71 bits per heavy atom. The van der Waals surface area contributed by atoms with Crippen LogP contribution in [0.5, 0.6) is 0 Å². The quantitative estimate of drug-likeness (QED) is 0.725. The number of nitrogens with zero attached hydrogens (tertiary/aromatic N) is 2. The van der Waals surface area contributed by atoms with Gasteiger partial charge in [-0.15, -0.1) is 10.2 Å². The van der Waals surface area contributed by atoms with E-state index in [0.29, 0.717) is 23.3 Å². The standard InChI is InChI=1S/C15H11BrClN3O/c16-12-7-6-11(17)8-13(12)18-9-14-19-20-15(21-14)10-4-2-1-3-5-10/h1-8,18H,9H2. The lowest BCUT2D eigenvalue weighted by Crippen LogP contribution is -2.00. The minimum absolute atomic E-state index is 0.429. The summed E-state index contributed by atoms with van der Waals surface area (Å²) in [5.74, 6) is 1.03. The number of anilines is 1. The van der Waals surface area contributed by atoms with Crippen LogP contribution in [-0.4, -0.2) is 10.2 Å². The average molecular weight is 365 g/mol. The minimum atomic E-state index is 0.429. The molecular weight excluding hydrogens is 354 g/mol. The maximum absolute atomic E-state index is 5.97. The van der Waals surface area contributed by atoms with Crippen LogP contribution in [0.4, 0.5) is 5.69 Å². The molecule has 0 bridgehead atoms. The summed E-state index contributed by atoms with van der Waals surface area (Å²) in [4.78, 5) is 0. The topological polar surface area (TPSA) is 51.0 Å². The minimum Gasteiger partial charge on any atom is -0.419 e. The van der Waals surface area contributed by atoms with Gasteiger partial charge in [-0.2, -0.15) is 0 Å². The van der Waals surface area contributed by atoms with Crippen molar-refractivity contribution in [3.8, 4) is 11.5 Å². The van der Waals surface area contributed by atoms with E-state index in [1.54, 1.807) is 0 Å². The molecule has 0 saturated carbocycles. The Hall–Kier alpha value is -1.85. The lowest BCUT2D eigenvalue weighted by Gasteiger charge is -2.06. The molecule has 0 unspecified atom stereocenters. The third-order valence-electron chi connectivity index (χ3n) is 2.85. The Bertz CT molecular complexity index is 746. The van der Waals surface area contributed by atoms with Gasteiger partial charge in [-0.3, -0.25) is 0 Å². The highest BCUT2D eigenvalue weighted by atomic mass is 79.9. The summed E-state index contributed by atoms with van der Waals surface area (Å²) in [7, 11) is 0. The highest BCUT2D eigenvalue weighted by Crippen LogP contribution is 2.26. The van der Waals surface area contributed by atoms with Crippen LogP contribution in [0.1, 0.15) is 5.89 Å². The van der Waals surface area contributed by atoms with Crippen molar-refractivity contribution in [1.82, 2.24) is 10.2 Å². The van der Waals surface area contributed by atoms with Crippen molar-refractivity contribution in [2.75, 3.05) is 5.32 Å². The molecule has 2 aromatic carbocycles. The molecule has 21 heavy (non-hydrogen) atoms. The second kappa shape index (κ2) is 6.28. The second-order valence-corrected chi connectivity index (χ2v) is 5.64. The Morgan fingerprint density at radius 1 is 1.10 bits per heavy atom. The predicted octanol–water partition coefficient (Wildman–Crippen LogP) is 4.76. The van der Waals surface area contributed by atoms with Crippen molar-refractivity contribution in [3.05, 3.63) is 63.9 Å². The van der Waals surface area contributed by atoms with Gasteiger partial charge in [0.1, 0.15) is 0 Å². The molecule has 0 saturated heterocycles. The van der Waals surface area contributed by atoms with E-state index >= 15 is 0 Å². The van der Waals surface area contributed by atoms with Crippen LogP contribution >= 0.6 is 27.5 Å². The summed E-state index contributed by atoms with van der Waals surface area (Å²) in [6.45, 7) is 0.429. The Balaban J connectivity index is 1.72. The number of rotatable bonds is 4. The summed E-state index contributed by atoms with van der Waals surface area (Å²) in [6, 6.07) is 15.2. The predicted molar refractivity (Wildman–Crippen MR) is 86.2 cm³/mol. The molecule has 1 heterocycles. The lowest BCUT2D eigenvalue weighted by molar-refractivity contribution is 0.515.